The molecule has 0 N–H and O–H groups in total. The van der Waals surface area contributed by atoms with E-state index in [0.717, 1.165) is 19.3 Å². The second-order valence-corrected chi connectivity index (χ2v) is 7.03. The topological polar surface area (TPSA) is 104 Å². The standard InChI is InChI=1S/C22H23N3O5/c1-3-4-7-13-24-21(26)19-12-6-5-11-18(19)20(23-24)22(27)30-15(2)16-9-8-10-17(14-16)25(28)29/h5-6,8-12,14-15H,3-4,7,13H2,1-2H3/t15-/m1/s1. The Labute approximate surface area is 173 Å². The van der Waals surface area contributed by atoms with E-state index in [1.807, 2.05) is 0 Å². The van der Waals surface area contributed by atoms with E-state index in [0.29, 0.717) is 22.9 Å². The van der Waals surface area contributed by atoms with Crippen LogP contribution in [0.15, 0.2) is 53.3 Å². The quantitative estimate of drug-likeness (QED) is 0.236. The lowest BCUT2D eigenvalue weighted by Gasteiger charge is -2.15. The van der Waals surface area contributed by atoms with Gasteiger partial charge >= 0.3 is 5.97 Å². The molecule has 1 heterocycles. The maximum atomic E-state index is 12.9. The second kappa shape index (κ2) is 9.30. The zero-order valence-corrected chi connectivity index (χ0v) is 16.9. The molecule has 0 amide bonds. The van der Waals surface area contributed by atoms with Crippen molar-refractivity contribution in [1.29, 1.82) is 0 Å². The van der Waals surface area contributed by atoms with Crippen LogP contribution < -0.4 is 5.56 Å². The van der Waals surface area contributed by atoms with Crippen LogP contribution in [0.1, 0.15) is 55.3 Å². The number of esters is 1. The van der Waals surface area contributed by atoms with Crippen molar-refractivity contribution < 1.29 is 14.5 Å². The molecule has 3 aromatic rings. The first-order valence-corrected chi connectivity index (χ1v) is 9.87. The summed E-state index contributed by atoms with van der Waals surface area (Å²) in [6, 6.07) is 12.7. The first-order chi connectivity index (χ1) is 14.4. The van der Waals surface area contributed by atoms with Gasteiger partial charge in [0.25, 0.3) is 11.2 Å². The Kier molecular flexibility index (Phi) is 6.56. The van der Waals surface area contributed by atoms with Crippen LogP contribution >= 0.6 is 0 Å². The van der Waals surface area contributed by atoms with Crippen LogP contribution in [0, 0.1) is 10.1 Å². The summed E-state index contributed by atoms with van der Waals surface area (Å²) in [6.45, 7) is 4.11. The van der Waals surface area contributed by atoms with E-state index >= 15 is 0 Å². The molecule has 0 fully saturated rings. The number of ether oxygens (including phenoxy) is 1. The van der Waals surface area contributed by atoms with Crippen LogP contribution in [-0.2, 0) is 11.3 Å². The number of carbonyl (C=O) groups excluding carboxylic acids is 1. The Morgan fingerprint density at radius 1 is 1.17 bits per heavy atom. The van der Waals surface area contributed by atoms with Crippen molar-refractivity contribution in [1.82, 2.24) is 9.78 Å². The Morgan fingerprint density at radius 3 is 2.60 bits per heavy atom. The number of unbranched alkanes of at least 4 members (excludes halogenated alkanes) is 2. The first kappa shape index (κ1) is 21.2. The Hall–Kier alpha value is -3.55. The number of non-ortho nitro benzene ring substituents is 1. The summed E-state index contributed by atoms with van der Waals surface area (Å²) in [7, 11) is 0. The highest BCUT2D eigenvalue weighted by Gasteiger charge is 2.21. The lowest BCUT2D eigenvalue weighted by atomic mass is 10.1. The van der Waals surface area contributed by atoms with Crippen LogP contribution in [0.25, 0.3) is 10.8 Å². The highest BCUT2D eigenvalue weighted by molar-refractivity contribution is 6.02. The molecule has 156 valence electrons. The van der Waals surface area contributed by atoms with Crippen molar-refractivity contribution in [2.24, 2.45) is 0 Å². The molecule has 0 aliphatic carbocycles. The number of fused-ring (bicyclic) bond motifs is 1. The Balaban J connectivity index is 1.94. The molecule has 0 bridgehead atoms. The fraction of sp³-hybridized carbons (Fsp3) is 0.318. The molecule has 3 rings (SSSR count). The van der Waals surface area contributed by atoms with Crippen molar-refractivity contribution >= 4 is 22.4 Å². The average Bonchev–Trinajstić information content (AvgIpc) is 2.75. The zero-order valence-electron chi connectivity index (χ0n) is 16.9. The van der Waals surface area contributed by atoms with Crippen molar-refractivity contribution in [3.8, 4) is 0 Å². The smallest absolute Gasteiger partial charge is 0.360 e. The van der Waals surface area contributed by atoms with Gasteiger partial charge in [-0.25, -0.2) is 9.48 Å². The molecule has 0 saturated carbocycles. The number of hydrogen-bond acceptors (Lipinski definition) is 6. The molecule has 1 aromatic heterocycles. The fourth-order valence-corrected chi connectivity index (χ4v) is 3.22. The van der Waals surface area contributed by atoms with Gasteiger partial charge in [0.15, 0.2) is 5.69 Å². The minimum Gasteiger partial charge on any atom is -0.453 e. The molecule has 2 aromatic carbocycles. The molecule has 0 spiro atoms. The van der Waals surface area contributed by atoms with Crippen molar-refractivity contribution in [2.45, 2.75) is 45.8 Å². The first-order valence-electron chi connectivity index (χ1n) is 9.87. The molecule has 0 aliphatic rings. The molecular weight excluding hydrogens is 386 g/mol. The van der Waals surface area contributed by atoms with Gasteiger partial charge in [-0.3, -0.25) is 14.9 Å². The summed E-state index contributed by atoms with van der Waals surface area (Å²) in [5.41, 5.74) is 0.227. The predicted octanol–water partition coefficient (Wildman–Crippen LogP) is 4.41. The molecule has 8 nitrogen and oxygen atoms in total. The van der Waals surface area contributed by atoms with Crippen molar-refractivity contribution in [3.05, 3.63) is 80.3 Å². The molecule has 0 aliphatic heterocycles. The highest BCUT2D eigenvalue weighted by atomic mass is 16.6. The normalized spacial score (nSPS) is 11.9. The van der Waals surface area contributed by atoms with E-state index in [2.05, 4.69) is 12.0 Å². The third-order valence-corrected chi connectivity index (χ3v) is 4.87. The summed E-state index contributed by atoms with van der Waals surface area (Å²) in [5, 5.41) is 16.1. The van der Waals surface area contributed by atoms with Crippen molar-refractivity contribution in [3.63, 3.8) is 0 Å². The van der Waals surface area contributed by atoms with E-state index in [9.17, 15) is 19.7 Å². The van der Waals surface area contributed by atoms with Gasteiger partial charge in [-0.2, -0.15) is 5.10 Å². The number of carbonyl (C=O) groups is 1. The predicted molar refractivity (Wildman–Crippen MR) is 112 cm³/mol. The molecule has 1 atom stereocenters. The second-order valence-electron chi connectivity index (χ2n) is 7.03. The SMILES string of the molecule is CCCCCn1nc(C(=O)O[C@H](C)c2cccc([N+](=O)[O-])c2)c2ccccc2c1=O. The van der Waals surface area contributed by atoms with Crippen LogP contribution in [0.4, 0.5) is 5.69 Å². The molecule has 30 heavy (non-hydrogen) atoms. The minimum atomic E-state index is -0.724. The number of aryl methyl sites for hydroxylation is 1. The number of rotatable bonds is 8. The average molecular weight is 409 g/mol. The Bertz CT molecular complexity index is 1140. The van der Waals surface area contributed by atoms with E-state index in [-0.39, 0.29) is 16.9 Å². The van der Waals surface area contributed by atoms with E-state index < -0.39 is 17.0 Å². The Morgan fingerprint density at radius 2 is 1.90 bits per heavy atom. The molecule has 0 radical (unpaired) electrons. The van der Waals surface area contributed by atoms with Gasteiger partial charge in [-0.1, -0.05) is 50.1 Å². The summed E-state index contributed by atoms with van der Waals surface area (Å²) in [4.78, 5) is 36.1. The summed E-state index contributed by atoms with van der Waals surface area (Å²) in [6.07, 6.45) is 2.00. The van der Waals surface area contributed by atoms with E-state index in [4.69, 9.17) is 4.74 Å². The zero-order chi connectivity index (χ0) is 21.7. The monoisotopic (exact) mass is 409 g/mol. The van der Waals surface area contributed by atoms with Crippen LogP contribution in [0.3, 0.4) is 0 Å². The number of nitro groups is 1. The van der Waals surface area contributed by atoms with Crippen LogP contribution in [0.2, 0.25) is 0 Å². The third-order valence-electron chi connectivity index (χ3n) is 4.87. The van der Waals surface area contributed by atoms with E-state index in [1.165, 1.54) is 16.8 Å². The van der Waals surface area contributed by atoms with Crippen LogP contribution in [0.5, 0.6) is 0 Å². The fourth-order valence-electron chi connectivity index (χ4n) is 3.22. The van der Waals surface area contributed by atoms with Gasteiger partial charge in [-0.05, 0) is 25.0 Å². The third kappa shape index (κ3) is 4.53. The van der Waals surface area contributed by atoms with Gasteiger partial charge < -0.3 is 4.74 Å². The number of hydrogen-bond donors (Lipinski definition) is 0. The van der Waals surface area contributed by atoms with Crippen LogP contribution in [-0.4, -0.2) is 20.7 Å². The van der Waals surface area contributed by atoms with Gasteiger partial charge in [-0.15, -0.1) is 0 Å². The van der Waals surface area contributed by atoms with Gasteiger partial charge in [0.2, 0.25) is 0 Å². The number of aromatic nitrogens is 2. The number of nitrogens with zero attached hydrogens (tertiary/aromatic N) is 3. The summed E-state index contributed by atoms with van der Waals surface area (Å²) in [5.74, 6) is -0.686. The maximum Gasteiger partial charge on any atom is 0.360 e. The van der Waals surface area contributed by atoms with Gasteiger partial charge in [0.05, 0.1) is 10.3 Å². The number of nitro benzene ring substituents is 1. The van der Waals surface area contributed by atoms with Gasteiger partial charge in [0, 0.05) is 24.1 Å². The molecular formula is C22H23N3O5. The molecule has 0 unspecified atom stereocenters. The minimum absolute atomic E-state index is 0.0546. The largest absolute Gasteiger partial charge is 0.453 e. The van der Waals surface area contributed by atoms with Crippen molar-refractivity contribution in [2.75, 3.05) is 0 Å². The number of benzene rings is 2. The lowest BCUT2D eigenvalue weighted by molar-refractivity contribution is -0.385. The molecule has 0 saturated heterocycles. The summed E-state index contributed by atoms with van der Waals surface area (Å²) < 4.78 is 6.86. The maximum absolute atomic E-state index is 12.9. The highest BCUT2D eigenvalue weighted by Crippen LogP contribution is 2.24. The lowest BCUT2D eigenvalue weighted by Crippen LogP contribution is -2.27. The summed E-state index contributed by atoms with van der Waals surface area (Å²) >= 11 is 0. The van der Waals surface area contributed by atoms with Gasteiger partial charge in [0.1, 0.15) is 6.10 Å². The molecule has 8 heteroatoms. The van der Waals surface area contributed by atoms with E-state index in [1.54, 1.807) is 43.3 Å².